The zero-order chi connectivity index (χ0) is 85.5. The first-order chi connectivity index (χ1) is 54.3. The maximum absolute atomic E-state index is 14.2. The zero-order valence-corrected chi connectivity index (χ0v) is 66.1. The summed E-state index contributed by atoms with van der Waals surface area (Å²) in [6.45, 7) is 6.62. The molecule has 2 heterocycles. The fraction of sp³-hybridized carbons (Fsp3) is 0.538. The average molecular weight is 1640 g/mol. The molecule has 0 aliphatic carbocycles. The van der Waals surface area contributed by atoms with Crippen molar-refractivity contribution in [3.63, 3.8) is 0 Å². The molecule has 636 valence electrons. The van der Waals surface area contributed by atoms with Crippen molar-refractivity contribution in [2.45, 2.75) is 207 Å². The number of fused-ring (bicyclic) bond motifs is 2. The second-order valence-electron chi connectivity index (χ2n) is 29.5. The summed E-state index contributed by atoms with van der Waals surface area (Å²) in [5.74, 6) is -5.99. The fourth-order valence-corrected chi connectivity index (χ4v) is 13.4. The molecule has 115 heavy (non-hydrogen) atoms. The van der Waals surface area contributed by atoms with Crippen LogP contribution in [-0.2, 0) is 60.9 Å². The van der Waals surface area contributed by atoms with Crippen LogP contribution in [0.1, 0.15) is 143 Å². The van der Waals surface area contributed by atoms with Gasteiger partial charge in [0.15, 0.2) is 12.3 Å². The van der Waals surface area contributed by atoms with Gasteiger partial charge in [0, 0.05) is 84.7 Å². The number of hydrogen-bond donors (Lipinski definition) is 23. The van der Waals surface area contributed by atoms with E-state index in [1.807, 2.05) is 50.5 Å². The number of nitrogens with one attached hydrogen (secondary N) is 8. The Morgan fingerprint density at radius 3 is 1.75 bits per heavy atom. The number of carboxylic acids is 1. The molecule has 37 heteroatoms. The van der Waals surface area contributed by atoms with Gasteiger partial charge < -0.3 is 120 Å². The van der Waals surface area contributed by atoms with Crippen molar-refractivity contribution in [3.05, 3.63) is 143 Å². The predicted molar refractivity (Wildman–Crippen MR) is 424 cm³/mol. The van der Waals surface area contributed by atoms with Gasteiger partial charge in [-0.05, 0) is 126 Å². The van der Waals surface area contributed by atoms with Crippen LogP contribution in [0.2, 0.25) is 0 Å². The van der Waals surface area contributed by atoms with Crippen LogP contribution < -0.4 is 64.6 Å². The number of aliphatic hydroxyl groups excluding tert-OH is 10. The van der Waals surface area contributed by atoms with Gasteiger partial charge in [-0.25, -0.2) is 0 Å². The van der Waals surface area contributed by atoms with Crippen molar-refractivity contribution in [2.75, 3.05) is 63.9 Å². The van der Waals surface area contributed by atoms with Crippen LogP contribution in [0.3, 0.4) is 0 Å². The lowest BCUT2D eigenvalue weighted by atomic mass is 9.80. The Morgan fingerprint density at radius 1 is 0.591 bits per heavy atom. The molecule has 0 saturated heterocycles. The SMILES string of the molecule is CC(CC[N+]1=C(/C=C/C=C/C=C/C=C2/N(CCCCCC(=O)NCCCCC(NC(=O)[C@H](N)Cc3ccccc3)C(=O)N[C@@H](CCCNC(N)N)C(=O)NCC(=O)N[C@H](C=O)CC(=O)O)c3ccc(C(=O)NCC(O)C(O)C(O)C(O)CO)cc3C2(C)C)C(C)(C)c2cc(C(=O)NCC(O)C(O)C(O)C(O)CO)ccc21)S(=O)(=O)O. The van der Waals surface area contributed by atoms with Gasteiger partial charge in [0.25, 0.3) is 21.9 Å². The number of amides is 7. The monoisotopic (exact) mass is 1630 g/mol. The molecular formula is C78H116N13O23S+. The van der Waals surface area contributed by atoms with E-state index in [1.165, 1.54) is 13.0 Å². The van der Waals surface area contributed by atoms with Crippen molar-refractivity contribution in [3.8, 4) is 0 Å². The zero-order valence-electron chi connectivity index (χ0n) is 65.3. The number of benzene rings is 3. The molecule has 13 atom stereocenters. The van der Waals surface area contributed by atoms with E-state index in [9.17, 15) is 102 Å². The number of aliphatic hydroxyl groups is 10. The molecule has 7 amide bonds. The van der Waals surface area contributed by atoms with Gasteiger partial charge in [0.05, 0.1) is 61.1 Å². The molecule has 5 rings (SSSR count). The number of aliphatic carboxylic acids is 1. The molecule has 0 aromatic heterocycles. The first-order valence-electron chi connectivity index (χ1n) is 38.1. The number of carboxylic acid groups (broad SMARTS) is 1. The molecule has 0 spiro atoms. The van der Waals surface area contributed by atoms with Gasteiger partial charge in [-0.3, -0.25) is 48.2 Å². The molecule has 0 saturated carbocycles. The van der Waals surface area contributed by atoms with Crippen molar-refractivity contribution in [1.29, 1.82) is 0 Å². The highest BCUT2D eigenvalue weighted by Gasteiger charge is 2.46. The van der Waals surface area contributed by atoms with Gasteiger partial charge in [-0.15, -0.1) is 0 Å². The Morgan fingerprint density at radius 2 is 1.16 bits per heavy atom. The number of carbonyl (C=O) groups is 9. The molecular weight excluding hydrogens is 1520 g/mol. The van der Waals surface area contributed by atoms with E-state index in [4.69, 9.17) is 27.4 Å². The Labute approximate surface area is 668 Å². The summed E-state index contributed by atoms with van der Waals surface area (Å²) in [5.41, 5.74) is 21.5. The molecule has 0 bridgehead atoms. The molecule has 10 unspecified atom stereocenters. The van der Waals surface area contributed by atoms with E-state index in [2.05, 4.69) is 47.4 Å². The highest BCUT2D eigenvalue weighted by atomic mass is 32.2. The van der Waals surface area contributed by atoms with Gasteiger partial charge in [-0.2, -0.15) is 13.0 Å². The standard InChI is InChI=1S/C78H115N13O23S/c1-46(115(112,113)114)31-35-91-57-30-28-49(72(108)85-41-59(96)68(104)70(106)61(98)45-94)38-52(57)78(4,5)63(91)25-14-8-6-7-13-24-62-77(2,3)51-37-48(71(107)84-40-58(95)67(103)69(105)60(97)44-93)27-29-56(51)90(62)34-18-10-15-26-64(99)82-32-17-16-22-55(88-73(109)53(79)36-47-20-11-9-12-21-47)75(111)89-54(23-19-33-83-76(80)81)74(110)86-42-65(100)87-50(43-92)39-66(101)102/h6-9,11-14,20-21,24-25,27-30,37-38,43,46,50,53-55,58-61,67-70,76,83,93-98,103-106H,10,15-19,22-23,26,31-36,39-42,44-45,79-81H2,1-5H3,(H8-,82,84,85,86,87,88,89,99,100,101,102,107,108,109,110,111,112,113,114)/p+1/t46?,50-,53+,54-,55?,58?,59?,60?,61?,67?,68?,69?,70?/m0/s1. The van der Waals surface area contributed by atoms with Crippen molar-refractivity contribution in [2.24, 2.45) is 17.2 Å². The number of anilines is 1. The van der Waals surface area contributed by atoms with E-state index < -0.39 is 186 Å². The molecule has 3 aromatic rings. The normalized spacial score (nSPS) is 17.6. The summed E-state index contributed by atoms with van der Waals surface area (Å²) < 4.78 is 36.1. The number of allylic oxidation sites excluding steroid dienone is 8. The van der Waals surface area contributed by atoms with Crippen LogP contribution in [0.15, 0.2) is 115 Å². The largest absolute Gasteiger partial charge is 0.481 e. The van der Waals surface area contributed by atoms with Crippen LogP contribution in [-0.4, -0.2) is 277 Å². The summed E-state index contributed by atoms with van der Waals surface area (Å²) in [6.07, 6.45) is -0.382. The first kappa shape index (κ1) is 96.5. The lowest BCUT2D eigenvalue weighted by molar-refractivity contribution is -0.438. The minimum absolute atomic E-state index is 0.00652. The molecule has 2 aliphatic rings. The molecule has 36 nitrogen and oxygen atoms in total. The van der Waals surface area contributed by atoms with E-state index in [1.54, 1.807) is 85.0 Å². The average Bonchev–Trinajstić information content (AvgIpc) is 1.60. The lowest BCUT2D eigenvalue weighted by Crippen LogP contribution is -2.56. The number of aldehydes is 1. The number of hydrogen-bond acceptors (Lipinski definition) is 26. The highest BCUT2D eigenvalue weighted by molar-refractivity contribution is 7.86. The number of nitrogens with zero attached hydrogens (tertiary/aromatic N) is 2. The summed E-state index contributed by atoms with van der Waals surface area (Å²) in [6, 6.07) is 13.9. The van der Waals surface area contributed by atoms with E-state index >= 15 is 0 Å². The second kappa shape index (κ2) is 46.6. The van der Waals surface area contributed by atoms with E-state index in [0.29, 0.717) is 49.2 Å². The molecule has 2 aliphatic heterocycles. The maximum atomic E-state index is 14.2. The van der Waals surface area contributed by atoms with Crippen LogP contribution >= 0.6 is 0 Å². The molecule has 0 fully saturated rings. The Kier molecular flexibility index (Phi) is 39.1. The summed E-state index contributed by atoms with van der Waals surface area (Å²) in [7, 11) is -4.40. The number of nitrogens with two attached hydrogens (primary N) is 3. The number of rotatable bonds is 51. The van der Waals surface area contributed by atoms with E-state index in [-0.39, 0.29) is 87.9 Å². The van der Waals surface area contributed by atoms with E-state index in [0.717, 1.165) is 22.5 Å². The summed E-state index contributed by atoms with van der Waals surface area (Å²) >= 11 is 0. The van der Waals surface area contributed by atoms with Crippen molar-refractivity contribution >= 4 is 80.8 Å². The summed E-state index contributed by atoms with van der Waals surface area (Å²) in [5, 5.41) is 129. The Balaban J connectivity index is 1.30. The summed E-state index contributed by atoms with van der Waals surface area (Å²) in [4.78, 5) is 119. The van der Waals surface area contributed by atoms with Crippen LogP contribution in [0, 0.1) is 0 Å². The van der Waals surface area contributed by atoms with Crippen molar-refractivity contribution < 1.29 is 117 Å². The third-order valence-corrected chi connectivity index (χ3v) is 21.2. The van der Waals surface area contributed by atoms with Crippen molar-refractivity contribution in [1.82, 2.24) is 42.5 Å². The van der Waals surface area contributed by atoms with Crippen LogP contribution in [0.25, 0.3) is 0 Å². The fourth-order valence-electron chi connectivity index (χ4n) is 13.0. The van der Waals surface area contributed by atoms with Gasteiger partial charge in [0.2, 0.25) is 35.2 Å². The van der Waals surface area contributed by atoms with Gasteiger partial charge in [-0.1, -0.05) is 81.0 Å². The van der Waals surface area contributed by atoms with Crippen LogP contribution in [0.5, 0.6) is 0 Å². The minimum Gasteiger partial charge on any atom is -0.481 e. The third-order valence-electron chi connectivity index (χ3n) is 19.9. The Bertz CT molecular complexity index is 4050. The maximum Gasteiger partial charge on any atom is 0.305 e. The van der Waals surface area contributed by atoms with Crippen LogP contribution in [0.4, 0.5) is 11.4 Å². The second-order valence-corrected chi connectivity index (χ2v) is 31.4. The number of unbranched alkanes of at least 4 members (excludes halogenated alkanes) is 3. The topological polar surface area (TPSA) is 611 Å². The molecule has 0 radical (unpaired) electrons. The number of carbonyl (C=O) groups excluding carboxylic acids is 8. The van der Waals surface area contributed by atoms with Gasteiger partial charge >= 0.3 is 5.97 Å². The minimum atomic E-state index is -4.40. The Hall–Kier alpha value is -9.13. The first-order valence-corrected chi connectivity index (χ1v) is 39.6. The molecule has 3 aromatic carbocycles. The highest BCUT2D eigenvalue weighted by Crippen LogP contribution is 2.48. The molecule has 26 N–H and O–H groups in total. The quantitative estimate of drug-likeness (QED) is 0.00655. The third kappa shape index (κ3) is 29.5. The predicted octanol–water partition coefficient (Wildman–Crippen LogP) is -3.36. The smallest absolute Gasteiger partial charge is 0.305 e. The van der Waals surface area contributed by atoms with Gasteiger partial charge in [0.1, 0.15) is 61.3 Å². The lowest BCUT2D eigenvalue weighted by Gasteiger charge is -2.27.